The monoisotopic (exact) mass is 169 g/mol. The quantitative estimate of drug-likeness (QED) is 0.641. The average Bonchev–Trinajstić information content (AvgIpc) is 2.60. The smallest absolute Gasteiger partial charge is 0.0386 e. The van der Waals surface area contributed by atoms with Gasteiger partial charge in [0.05, 0.1) is 0 Å². The zero-order valence-electron chi connectivity index (χ0n) is 8.25. The van der Waals surface area contributed by atoms with Crippen LogP contribution < -0.4 is 5.43 Å². The lowest BCUT2D eigenvalue weighted by atomic mass is 10.2. The Morgan fingerprint density at radius 2 is 2.00 bits per heavy atom. The van der Waals surface area contributed by atoms with Crippen LogP contribution in [0, 0.1) is 0 Å². The molecule has 2 unspecified atom stereocenters. The average molecular weight is 169 g/mol. The van der Waals surface area contributed by atoms with E-state index in [1.54, 1.807) is 0 Å². The van der Waals surface area contributed by atoms with Crippen LogP contribution in [0.5, 0.6) is 0 Å². The van der Waals surface area contributed by atoms with Gasteiger partial charge in [0.1, 0.15) is 0 Å². The number of nitrogens with zero attached hydrogens (tertiary/aromatic N) is 2. The summed E-state index contributed by atoms with van der Waals surface area (Å²) in [5.74, 6) is 0. The number of piperazine rings is 1. The number of nitrogens with one attached hydrogen (secondary N) is 1. The highest BCUT2D eigenvalue weighted by atomic mass is 15.6. The van der Waals surface area contributed by atoms with Crippen molar-refractivity contribution < 1.29 is 0 Å². The molecule has 0 aliphatic carbocycles. The second kappa shape index (κ2) is 2.98. The highest BCUT2D eigenvalue weighted by Crippen LogP contribution is 2.30. The zero-order valence-corrected chi connectivity index (χ0v) is 8.25. The summed E-state index contributed by atoms with van der Waals surface area (Å²) in [5.41, 5.74) is 3.26. The van der Waals surface area contributed by atoms with Gasteiger partial charge in [0.25, 0.3) is 0 Å². The molecule has 0 spiro atoms. The molecule has 0 aromatic heterocycles. The molecule has 1 N–H and O–H groups in total. The maximum absolute atomic E-state index is 3.26. The van der Waals surface area contributed by atoms with Crippen LogP contribution in [0.1, 0.15) is 20.3 Å². The molecule has 12 heavy (non-hydrogen) atoms. The molecule has 3 heteroatoms. The maximum atomic E-state index is 3.26. The van der Waals surface area contributed by atoms with E-state index in [9.17, 15) is 0 Å². The molecule has 2 aliphatic rings. The van der Waals surface area contributed by atoms with Gasteiger partial charge in [-0.2, -0.15) is 0 Å². The van der Waals surface area contributed by atoms with Crippen molar-refractivity contribution in [3.05, 3.63) is 0 Å². The van der Waals surface area contributed by atoms with Crippen molar-refractivity contribution >= 4 is 0 Å². The molecule has 2 rings (SSSR count). The summed E-state index contributed by atoms with van der Waals surface area (Å²) in [6.07, 6.45) is 1.36. The van der Waals surface area contributed by atoms with Crippen LogP contribution >= 0.6 is 0 Å². The Morgan fingerprint density at radius 3 is 2.42 bits per heavy atom. The van der Waals surface area contributed by atoms with Gasteiger partial charge in [-0.05, 0) is 27.3 Å². The van der Waals surface area contributed by atoms with E-state index >= 15 is 0 Å². The molecule has 3 nitrogen and oxygen atoms in total. The van der Waals surface area contributed by atoms with Gasteiger partial charge in [-0.3, -0.25) is 10.3 Å². The van der Waals surface area contributed by atoms with Gasteiger partial charge >= 0.3 is 0 Å². The van der Waals surface area contributed by atoms with E-state index in [0.717, 1.165) is 18.1 Å². The van der Waals surface area contributed by atoms with E-state index in [4.69, 9.17) is 0 Å². The Bertz CT molecular complexity index is 169. The third-order valence-electron chi connectivity index (χ3n) is 3.23. The minimum absolute atomic E-state index is 0.721. The van der Waals surface area contributed by atoms with Crippen molar-refractivity contribution in [1.29, 1.82) is 0 Å². The first-order valence-electron chi connectivity index (χ1n) is 4.92. The predicted molar refractivity (Wildman–Crippen MR) is 49.8 cm³/mol. The molecule has 0 aromatic rings. The van der Waals surface area contributed by atoms with E-state index < -0.39 is 0 Å². The summed E-state index contributed by atoms with van der Waals surface area (Å²) in [6.45, 7) is 7.05. The third-order valence-corrected chi connectivity index (χ3v) is 3.23. The van der Waals surface area contributed by atoms with Gasteiger partial charge in [-0.25, -0.2) is 5.01 Å². The summed E-state index contributed by atoms with van der Waals surface area (Å²) in [6, 6.07) is 2.30. The molecule has 0 saturated carbocycles. The van der Waals surface area contributed by atoms with Crippen molar-refractivity contribution in [2.24, 2.45) is 0 Å². The number of hydrogen-bond donors (Lipinski definition) is 1. The van der Waals surface area contributed by atoms with Crippen molar-refractivity contribution in [3.63, 3.8) is 0 Å². The number of fused-ring (bicyclic) bond motifs is 2. The molecule has 2 atom stereocenters. The topological polar surface area (TPSA) is 18.5 Å². The molecule has 2 aliphatic heterocycles. The van der Waals surface area contributed by atoms with Crippen molar-refractivity contribution in [3.8, 4) is 0 Å². The van der Waals surface area contributed by atoms with E-state index in [0.29, 0.717) is 0 Å². The summed E-state index contributed by atoms with van der Waals surface area (Å²) in [7, 11) is 2.03. The maximum Gasteiger partial charge on any atom is 0.0386 e. The van der Waals surface area contributed by atoms with E-state index in [1.807, 2.05) is 7.05 Å². The molecule has 2 fully saturated rings. The molecule has 0 amide bonds. The van der Waals surface area contributed by atoms with Crippen molar-refractivity contribution in [2.75, 3.05) is 20.1 Å². The minimum Gasteiger partial charge on any atom is -0.295 e. The van der Waals surface area contributed by atoms with Gasteiger partial charge in [-0.1, -0.05) is 0 Å². The molecule has 0 aromatic carbocycles. The summed E-state index contributed by atoms with van der Waals surface area (Å²) >= 11 is 0. The highest BCUT2D eigenvalue weighted by Gasteiger charge is 2.43. The lowest BCUT2D eigenvalue weighted by Crippen LogP contribution is -2.52. The van der Waals surface area contributed by atoms with Crippen LogP contribution in [0.4, 0.5) is 0 Å². The molecular weight excluding hydrogens is 150 g/mol. The first-order valence-corrected chi connectivity index (χ1v) is 4.92. The van der Waals surface area contributed by atoms with Gasteiger partial charge in [-0.15, -0.1) is 0 Å². The SMILES string of the molecule is CNN1CC2CC1CN2C(C)C. The van der Waals surface area contributed by atoms with Crippen molar-refractivity contribution in [1.82, 2.24) is 15.3 Å². The van der Waals surface area contributed by atoms with Crippen LogP contribution in [-0.4, -0.2) is 48.2 Å². The molecule has 70 valence electrons. The van der Waals surface area contributed by atoms with Gasteiger partial charge < -0.3 is 0 Å². The number of rotatable bonds is 2. The zero-order chi connectivity index (χ0) is 8.72. The van der Waals surface area contributed by atoms with Gasteiger partial charge in [0.2, 0.25) is 0 Å². The Labute approximate surface area is 74.7 Å². The lowest BCUT2D eigenvalue weighted by Gasteiger charge is -2.35. The minimum atomic E-state index is 0.721. The standard InChI is InChI=1S/C9H19N3/c1-7(2)11-5-9-4-8(11)6-12(9)10-3/h7-10H,4-6H2,1-3H3. The van der Waals surface area contributed by atoms with E-state index in [-0.39, 0.29) is 0 Å². The third kappa shape index (κ3) is 1.16. The van der Waals surface area contributed by atoms with E-state index in [1.165, 1.54) is 19.5 Å². The van der Waals surface area contributed by atoms with E-state index in [2.05, 4.69) is 29.2 Å². The molecule has 2 heterocycles. The summed E-state index contributed by atoms with van der Waals surface area (Å²) in [4.78, 5) is 2.62. The van der Waals surface area contributed by atoms with Crippen LogP contribution in [0.3, 0.4) is 0 Å². The van der Waals surface area contributed by atoms with Crippen LogP contribution in [-0.2, 0) is 0 Å². The normalized spacial score (nSPS) is 37.0. The second-order valence-corrected chi connectivity index (χ2v) is 4.21. The Morgan fingerprint density at radius 1 is 1.25 bits per heavy atom. The molecule has 0 radical (unpaired) electrons. The van der Waals surface area contributed by atoms with Crippen molar-refractivity contribution in [2.45, 2.75) is 38.4 Å². The number of likely N-dealkylation sites (tertiary alicyclic amines) is 1. The number of hydrazine groups is 1. The fourth-order valence-corrected chi connectivity index (χ4v) is 2.60. The van der Waals surface area contributed by atoms with Gasteiger partial charge in [0, 0.05) is 31.2 Å². The molecule has 2 bridgehead atoms. The van der Waals surface area contributed by atoms with Crippen LogP contribution in [0.2, 0.25) is 0 Å². The highest BCUT2D eigenvalue weighted by molar-refractivity contribution is 4.98. The van der Waals surface area contributed by atoms with Crippen LogP contribution in [0.15, 0.2) is 0 Å². The summed E-state index contributed by atoms with van der Waals surface area (Å²) < 4.78 is 0. The fraction of sp³-hybridized carbons (Fsp3) is 1.00. The Hall–Kier alpha value is -0.120. The Balaban J connectivity index is 1.98. The largest absolute Gasteiger partial charge is 0.295 e. The summed E-state index contributed by atoms with van der Waals surface area (Å²) in [5, 5.41) is 2.38. The molecule has 2 saturated heterocycles. The predicted octanol–water partition coefficient (Wildman–Crippen LogP) is 0.288. The number of hydrogen-bond acceptors (Lipinski definition) is 3. The fourth-order valence-electron chi connectivity index (χ4n) is 2.60. The lowest BCUT2D eigenvalue weighted by molar-refractivity contribution is 0.0766. The first-order chi connectivity index (χ1) is 5.72. The molecular formula is C9H19N3. The first kappa shape index (κ1) is 8.48. The van der Waals surface area contributed by atoms with Gasteiger partial charge in [0.15, 0.2) is 0 Å². The Kier molecular flexibility index (Phi) is 2.10. The van der Waals surface area contributed by atoms with Crippen LogP contribution in [0.25, 0.3) is 0 Å². The second-order valence-electron chi connectivity index (χ2n) is 4.21.